The molecule has 0 spiro atoms. The fourth-order valence-electron chi connectivity index (χ4n) is 3.18. The molecule has 1 fully saturated rings. The SMILES string of the molecule is CN(C)CC1(O)CCCN(c2cc(C(F)F)nc3ncnn23)C1. The van der Waals surface area contributed by atoms with E-state index in [2.05, 4.69) is 15.1 Å². The molecule has 2 aromatic rings. The number of nitrogens with zero attached hydrogens (tertiary/aromatic N) is 6. The van der Waals surface area contributed by atoms with Gasteiger partial charge in [-0.3, -0.25) is 0 Å². The molecular weight excluding hydrogens is 306 g/mol. The molecule has 0 bridgehead atoms. The largest absolute Gasteiger partial charge is 0.387 e. The van der Waals surface area contributed by atoms with Gasteiger partial charge in [-0.1, -0.05) is 0 Å². The van der Waals surface area contributed by atoms with Crippen molar-refractivity contribution >= 4 is 11.6 Å². The third-order valence-electron chi connectivity index (χ3n) is 3.97. The Morgan fingerprint density at radius 2 is 2.22 bits per heavy atom. The molecule has 2 aromatic heterocycles. The van der Waals surface area contributed by atoms with Crippen molar-refractivity contribution in [2.45, 2.75) is 24.9 Å². The number of fused-ring (bicyclic) bond motifs is 1. The normalized spacial score (nSPS) is 22.5. The second-order valence-corrected chi connectivity index (χ2v) is 6.30. The number of β-amino-alcohol motifs (C(OH)–C–C–N with tert-alkyl or cyclic N) is 1. The Labute approximate surface area is 132 Å². The van der Waals surface area contributed by atoms with Gasteiger partial charge >= 0.3 is 0 Å². The lowest BCUT2D eigenvalue weighted by molar-refractivity contribution is 0.00343. The number of aliphatic hydroxyl groups is 1. The van der Waals surface area contributed by atoms with Crippen molar-refractivity contribution in [3.8, 4) is 0 Å². The highest BCUT2D eigenvalue weighted by atomic mass is 19.3. The van der Waals surface area contributed by atoms with Crippen molar-refractivity contribution in [2.75, 3.05) is 38.6 Å². The lowest BCUT2D eigenvalue weighted by atomic mass is 9.92. The van der Waals surface area contributed by atoms with Gasteiger partial charge in [0.05, 0.1) is 5.60 Å². The van der Waals surface area contributed by atoms with E-state index in [0.29, 0.717) is 31.9 Å². The van der Waals surface area contributed by atoms with Gasteiger partial charge in [-0.05, 0) is 26.9 Å². The molecular formula is C14H20F2N6O. The summed E-state index contributed by atoms with van der Waals surface area (Å²) in [5.41, 5.74) is -1.22. The van der Waals surface area contributed by atoms with Crippen LogP contribution in [0, 0.1) is 0 Å². The van der Waals surface area contributed by atoms with Crippen molar-refractivity contribution in [2.24, 2.45) is 0 Å². The number of aromatic nitrogens is 4. The summed E-state index contributed by atoms with van der Waals surface area (Å²) in [6.45, 7) is 1.53. The lowest BCUT2D eigenvalue weighted by Gasteiger charge is -2.41. The lowest BCUT2D eigenvalue weighted by Crippen LogP contribution is -2.53. The van der Waals surface area contributed by atoms with Crippen LogP contribution in [0.1, 0.15) is 25.0 Å². The fourth-order valence-corrected chi connectivity index (χ4v) is 3.18. The summed E-state index contributed by atoms with van der Waals surface area (Å²) in [7, 11) is 3.79. The average molecular weight is 326 g/mol. The minimum Gasteiger partial charge on any atom is -0.387 e. The molecule has 0 amide bonds. The molecule has 1 aliphatic heterocycles. The van der Waals surface area contributed by atoms with Crippen molar-refractivity contribution in [1.29, 1.82) is 0 Å². The summed E-state index contributed by atoms with van der Waals surface area (Å²) in [5.74, 6) is 0.624. The second-order valence-electron chi connectivity index (χ2n) is 6.30. The van der Waals surface area contributed by atoms with Gasteiger partial charge in [0.2, 0.25) is 0 Å². The second kappa shape index (κ2) is 5.97. The van der Waals surface area contributed by atoms with Gasteiger partial charge in [0.25, 0.3) is 12.2 Å². The summed E-state index contributed by atoms with van der Waals surface area (Å²) in [6, 6.07) is 1.33. The topological polar surface area (TPSA) is 69.8 Å². The quantitative estimate of drug-likeness (QED) is 0.902. The van der Waals surface area contributed by atoms with E-state index >= 15 is 0 Å². The number of halogens is 2. The summed E-state index contributed by atoms with van der Waals surface area (Å²) >= 11 is 0. The van der Waals surface area contributed by atoms with Gasteiger partial charge in [0, 0.05) is 25.7 Å². The molecule has 1 unspecified atom stereocenters. The summed E-state index contributed by atoms with van der Waals surface area (Å²) in [5, 5.41) is 14.8. The standard InChI is InChI=1S/C14H20F2N6O/c1-20(2)7-14(23)4-3-5-21(8-14)11-6-10(12(15)16)19-13-17-9-18-22(11)13/h6,9,12,23H,3-5,7-8H2,1-2H3. The van der Waals surface area contributed by atoms with Crippen LogP contribution in [0.2, 0.25) is 0 Å². The molecule has 9 heteroatoms. The molecule has 1 atom stereocenters. The molecule has 0 radical (unpaired) electrons. The van der Waals surface area contributed by atoms with Gasteiger partial charge in [0.1, 0.15) is 17.8 Å². The van der Waals surface area contributed by atoms with E-state index in [1.807, 2.05) is 23.9 Å². The highest BCUT2D eigenvalue weighted by Gasteiger charge is 2.35. The van der Waals surface area contributed by atoms with E-state index in [0.717, 1.165) is 6.42 Å². The third kappa shape index (κ3) is 3.25. The van der Waals surface area contributed by atoms with Crippen molar-refractivity contribution in [3.05, 3.63) is 18.1 Å². The van der Waals surface area contributed by atoms with Gasteiger partial charge in [0.15, 0.2) is 0 Å². The molecule has 1 aliphatic rings. The van der Waals surface area contributed by atoms with E-state index in [-0.39, 0.29) is 11.5 Å². The van der Waals surface area contributed by atoms with Crippen molar-refractivity contribution < 1.29 is 13.9 Å². The first-order valence-corrected chi connectivity index (χ1v) is 7.49. The Kier molecular flexibility index (Phi) is 4.15. The van der Waals surface area contributed by atoms with Crippen LogP contribution in [0.5, 0.6) is 0 Å². The molecule has 1 N–H and O–H groups in total. The molecule has 3 rings (SSSR count). The zero-order valence-corrected chi connectivity index (χ0v) is 13.2. The fraction of sp³-hybridized carbons (Fsp3) is 0.643. The maximum atomic E-state index is 13.1. The first-order valence-electron chi connectivity index (χ1n) is 7.49. The Balaban J connectivity index is 1.97. The highest BCUT2D eigenvalue weighted by molar-refractivity contribution is 5.48. The Hall–Kier alpha value is -1.87. The third-order valence-corrected chi connectivity index (χ3v) is 3.97. The molecule has 126 valence electrons. The Bertz CT molecular complexity index is 691. The minimum absolute atomic E-state index is 0.138. The molecule has 0 aromatic carbocycles. The van der Waals surface area contributed by atoms with Crippen LogP contribution in [0.25, 0.3) is 5.78 Å². The van der Waals surface area contributed by atoms with Crippen LogP contribution in [-0.2, 0) is 0 Å². The maximum Gasteiger partial charge on any atom is 0.280 e. The minimum atomic E-state index is -2.68. The molecule has 0 aliphatic carbocycles. The maximum absolute atomic E-state index is 13.1. The van der Waals surface area contributed by atoms with Crippen LogP contribution in [-0.4, -0.2) is 68.9 Å². The predicted molar refractivity (Wildman–Crippen MR) is 80.7 cm³/mol. The Morgan fingerprint density at radius 1 is 1.43 bits per heavy atom. The van der Waals surface area contributed by atoms with E-state index in [1.165, 1.54) is 16.9 Å². The number of hydrogen-bond donors (Lipinski definition) is 1. The van der Waals surface area contributed by atoms with Gasteiger partial charge < -0.3 is 14.9 Å². The van der Waals surface area contributed by atoms with E-state index in [9.17, 15) is 13.9 Å². The van der Waals surface area contributed by atoms with Crippen LogP contribution in [0.3, 0.4) is 0 Å². The molecule has 3 heterocycles. The van der Waals surface area contributed by atoms with E-state index in [1.54, 1.807) is 0 Å². The number of likely N-dealkylation sites (N-methyl/N-ethyl adjacent to an activating group) is 1. The monoisotopic (exact) mass is 326 g/mol. The van der Waals surface area contributed by atoms with Gasteiger partial charge in [-0.2, -0.15) is 14.6 Å². The van der Waals surface area contributed by atoms with Gasteiger partial charge in [-0.25, -0.2) is 13.8 Å². The number of anilines is 1. The van der Waals surface area contributed by atoms with Crippen LogP contribution < -0.4 is 4.90 Å². The van der Waals surface area contributed by atoms with Crippen LogP contribution >= 0.6 is 0 Å². The van der Waals surface area contributed by atoms with E-state index < -0.39 is 12.0 Å². The molecule has 7 nitrogen and oxygen atoms in total. The average Bonchev–Trinajstić information content (AvgIpc) is 2.92. The molecule has 23 heavy (non-hydrogen) atoms. The summed E-state index contributed by atoms with van der Waals surface area (Å²) in [6.07, 6.45) is 0.0553. The Morgan fingerprint density at radius 3 is 2.91 bits per heavy atom. The number of alkyl halides is 2. The zero-order chi connectivity index (χ0) is 16.6. The first kappa shape index (κ1) is 16.0. The predicted octanol–water partition coefficient (Wildman–Crippen LogP) is 0.955. The number of rotatable bonds is 4. The zero-order valence-electron chi connectivity index (χ0n) is 13.2. The van der Waals surface area contributed by atoms with Crippen molar-refractivity contribution in [3.63, 3.8) is 0 Å². The van der Waals surface area contributed by atoms with Gasteiger partial charge in [-0.15, -0.1) is 0 Å². The summed E-state index contributed by atoms with van der Waals surface area (Å²) in [4.78, 5) is 11.5. The summed E-state index contributed by atoms with van der Waals surface area (Å²) < 4.78 is 27.6. The first-order chi connectivity index (χ1) is 10.9. The molecule has 0 saturated carbocycles. The van der Waals surface area contributed by atoms with Crippen LogP contribution in [0.4, 0.5) is 14.6 Å². The molecule has 1 saturated heterocycles. The number of piperidine rings is 1. The van der Waals surface area contributed by atoms with Crippen molar-refractivity contribution in [1.82, 2.24) is 24.5 Å². The smallest absolute Gasteiger partial charge is 0.280 e. The van der Waals surface area contributed by atoms with Crippen LogP contribution in [0.15, 0.2) is 12.4 Å². The highest BCUT2D eigenvalue weighted by Crippen LogP contribution is 2.29. The van der Waals surface area contributed by atoms with E-state index in [4.69, 9.17) is 0 Å². The number of hydrogen-bond acceptors (Lipinski definition) is 6.